The maximum Gasteiger partial charge on any atom is 0.342 e. The minimum absolute atomic E-state index is 0.00765. The van der Waals surface area contributed by atoms with E-state index in [-0.39, 0.29) is 76.6 Å². The number of nitrogens with zero attached hydrogens (tertiary/aromatic N) is 6. The predicted molar refractivity (Wildman–Crippen MR) is 243 cm³/mol. The molecule has 4 N–H and O–H groups in total. The summed E-state index contributed by atoms with van der Waals surface area (Å²) in [7, 11) is 1.27. The van der Waals surface area contributed by atoms with Gasteiger partial charge in [-0.3, -0.25) is 39.0 Å². The van der Waals surface area contributed by atoms with Gasteiger partial charge in [-0.2, -0.15) is 13.8 Å². The number of imide groups is 2. The number of hydrogen-bond donors (Lipinski definition) is 4. The van der Waals surface area contributed by atoms with Crippen LogP contribution in [0.5, 0.6) is 5.75 Å². The molecule has 6 aliphatic rings. The van der Waals surface area contributed by atoms with E-state index >= 15 is 13.2 Å². The summed E-state index contributed by atoms with van der Waals surface area (Å²) in [5.74, 6) is -8.23. The average molecular weight is 961 g/mol. The van der Waals surface area contributed by atoms with E-state index in [1.165, 1.54) is 30.3 Å². The topological polar surface area (TPSA) is 217 Å². The Labute approximate surface area is 395 Å². The molecule has 19 nitrogen and oxygen atoms in total. The fourth-order valence-electron chi connectivity index (χ4n) is 9.51. The van der Waals surface area contributed by atoms with Crippen LogP contribution < -0.4 is 35.8 Å². The number of hydrogen-bond acceptors (Lipinski definition) is 15. The second kappa shape index (κ2) is 20.3. The number of aromatic nitrogens is 2. The number of carbonyl (C=O) groups excluding carboxylic acids is 6. The van der Waals surface area contributed by atoms with E-state index in [0.717, 1.165) is 41.5 Å². The summed E-state index contributed by atoms with van der Waals surface area (Å²) < 4.78 is 63.7. The molecular formula is C47H55F3N10O9. The zero-order valence-corrected chi connectivity index (χ0v) is 38.2. The van der Waals surface area contributed by atoms with Gasteiger partial charge in [0.2, 0.25) is 17.8 Å². The predicted octanol–water partition coefficient (Wildman–Crippen LogP) is 4.00. The summed E-state index contributed by atoms with van der Waals surface area (Å²) >= 11 is 0. The number of piperidine rings is 2. The first-order valence-electron chi connectivity index (χ1n) is 23.6. The summed E-state index contributed by atoms with van der Waals surface area (Å²) in [6.07, 6.45) is 7.29. The molecule has 2 saturated carbocycles. The molecule has 4 fully saturated rings. The Morgan fingerprint density at radius 1 is 0.913 bits per heavy atom. The van der Waals surface area contributed by atoms with Gasteiger partial charge in [-0.25, -0.2) is 9.37 Å². The van der Waals surface area contributed by atoms with E-state index < -0.39 is 59.8 Å². The van der Waals surface area contributed by atoms with Crippen molar-refractivity contribution in [1.82, 2.24) is 30.4 Å². The van der Waals surface area contributed by atoms with Gasteiger partial charge in [0.05, 0.1) is 67.7 Å². The van der Waals surface area contributed by atoms with Gasteiger partial charge in [-0.1, -0.05) is 18.9 Å². The number of nitrogens with one attached hydrogen (secondary N) is 4. The van der Waals surface area contributed by atoms with Crippen molar-refractivity contribution in [1.29, 1.82) is 0 Å². The van der Waals surface area contributed by atoms with Crippen LogP contribution in [0.2, 0.25) is 0 Å². The summed E-state index contributed by atoms with van der Waals surface area (Å²) in [5, 5.41) is 11.3. The quantitative estimate of drug-likeness (QED) is 0.105. The molecule has 0 bridgehead atoms. The van der Waals surface area contributed by atoms with Crippen LogP contribution in [0.4, 0.5) is 42.0 Å². The lowest BCUT2D eigenvalue weighted by Gasteiger charge is -2.32. The Kier molecular flexibility index (Phi) is 14.0. The molecule has 9 rings (SSSR count). The number of ether oxygens (including phenoxy) is 3. The van der Waals surface area contributed by atoms with E-state index in [2.05, 4.69) is 36.1 Å². The van der Waals surface area contributed by atoms with Gasteiger partial charge in [-0.05, 0) is 63.1 Å². The Balaban J connectivity index is 0.709. The molecule has 1 aromatic heterocycles. The number of likely N-dealkylation sites (tertiary alicyclic amines) is 1. The highest BCUT2D eigenvalue weighted by molar-refractivity contribution is 6.25. The molecule has 1 unspecified atom stereocenters. The zero-order valence-electron chi connectivity index (χ0n) is 38.2. The summed E-state index contributed by atoms with van der Waals surface area (Å²) in [6.45, 7) is 3.03. The molecule has 368 valence electrons. The number of alkyl halides is 2. The van der Waals surface area contributed by atoms with Gasteiger partial charge in [-0.15, -0.1) is 0 Å². The first kappa shape index (κ1) is 47.7. The van der Waals surface area contributed by atoms with Gasteiger partial charge in [0, 0.05) is 63.5 Å². The van der Waals surface area contributed by atoms with Crippen LogP contribution in [0.25, 0.3) is 0 Å². The van der Waals surface area contributed by atoms with Crippen LogP contribution in [0.3, 0.4) is 0 Å². The lowest BCUT2D eigenvalue weighted by Crippen LogP contribution is -2.54. The first-order chi connectivity index (χ1) is 33.3. The van der Waals surface area contributed by atoms with E-state index in [0.29, 0.717) is 84.0 Å². The number of anilines is 5. The molecule has 3 aromatic rings. The van der Waals surface area contributed by atoms with Crippen LogP contribution in [-0.2, 0) is 23.9 Å². The van der Waals surface area contributed by atoms with Crippen molar-refractivity contribution < 1.29 is 56.1 Å². The lowest BCUT2D eigenvalue weighted by atomic mass is 10.0. The largest absolute Gasteiger partial charge is 0.488 e. The minimum Gasteiger partial charge on any atom is -0.488 e. The van der Waals surface area contributed by atoms with Gasteiger partial charge in [0.1, 0.15) is 23.3 Å². The van der Waals surface area contributed by atoms with Crippen LogP contribution in [0, 0.1) is 5.82 Å². The molecule has 4 aliphatic heterocycles. The fourth-order valence-corrected chi connectivity index (χ4v) is 9.51. The van der Waals surface area contributed by atoms with E-state index in [4.69, 9.17) is 14.2 Å². The van der Waals surface area contributed by atoms with Crippen LogP contribution >= 0.6 is 0 Å². The number of carbonyl (C=O) groups is 6. The molecular weight excluding hydrogens is 906 g/mol. The third kappa shape index (κ3) is 10.5. The van der Waals surface area contributed by atoms with Crippen LogP contribution in [0.15, 0.2) is 36.5 Å². The second-order valence-corrected chi connectivity index (χ2v) is 18.2. The molecule has 5 heterocycles. The minimum atomic E-state index is -3.64. The third-order valence-corrected chi connectivity index (χ3v) is 13.4. The van der Waals surface area contributed by atoms with Crippen molar-refractivity contribution in [2.24, 2.45) is 0 Å². The Morgan fingerprint density at radius 2 is 1.67 bits per heavy atom. The van der Waals surface area contributed by atoms with Gasteiger partial charge in [0.25, 0.3) is 23.6 Å². The summed E-state index contributed by atoms with van der Waals surface area (Å²) in [4.78, 5) is 91.1. The zero-order chi connectivity index (χ0) is 48.4. The van der Waals surface area contributed by atoms with Gasteiger partial charge in [0.15, 0.2) is 5.82 Å². The first-order valence-corrected chi connectivity index (χ1v) is 23.6. The van der Waals surface area contributed by atoms with Crippen molar-refractivity contribution in [3.63, 3.8) is 0 Å². The van der Waals surface area contributed by atoms with Crippen LogP contribution in [0.1, 0.15) is 95.3 Å². The van der Waals surface area contributed by atoms with Crippen molar-refractivity contribution in [3.05, 3.63) is 59.0 Å². The van der Waals surface area contributed by atoms with Crippen molar-refractivity contribution in [2.75, 3.05) is 86.6 Å². The molecule has 2 saturated heterocycles. The number of amides is 6. The standard InChI is InChI=1S/C47H55F3N10O9/c1-57-36-25-52-46(56-40(36)59(28-5-2-3-6-28)26-47(49,50)45(57)66)54-34-24-32(48)31(23-37(34)69-29-9-10-29)41(62)53-27-13-16-58(17-14-27)18-20-68-22-21-67-19-15-51-33-8-4-7-30-39(33)44(65)60(43(30)64)35-11-12-38(61)55-42(35)63/h4,7-8,23-25,27-29,35,51H,2-3,5-6,9-22,26H2,1H3,(H,53,62)(H,52,54,56)(H,55,61,63). The van der Waals surface area contributed by atoms with Crippen molar-refractivity contribution in [3.8, 4) is 5.75 Å². The molecule has 6 amide bonds. The molecule has 2 aliphatic carbocycles. The van der Waals surface area contributed by atoms with E-state index in [1.807, 2.05) is 0 Å². The highest BCUT2D eigenvalue weighted by Crippen LogP contribution is 2.41. The Hall–Kier alpha value is -6.39. The van der Waals surface area contributed by atoms with E-state index in [1.54, 1.807) is 12.1 Å². The van der Waals surface area contributed by atoms with Gasteiger partial charge >= 0.3 is 5.92 Å². The van der Waals surface area contributed by atoms with E-state index in [9.17, 15) is 28.8 Å². The second-order valence-electron chi connectivity index (χ2n) is 18.2. The number of fused-ring (bicyclic) bond motifs is 2. The fraction of sp³-hybridized carbons (Fsp3) is 0.532. The molecule has 2 aromatic carbocycles. The maximum atomic E-state index is 15.8. The Bertz CT molecular complexity index is 2500. The molecule has 1 atom stereocenters. The highest BCUT2D eigenvalue weighted by Gasteiger charge is 2.49. The molecule has 22 heteroatoms. The van der Waals surface area contributed by atoms with Crippen LogP contribution in [-0.4, -0.2) is 152 Å². The monoisotopic (exact) mass is 960 g/mol. The normalized spacial score (nSPS) is 21.0. The SMILES string of the molecule is CN1C(=O)C(F)(F)CN(C2CCCC2)c2nc(Nc3cc(F)c(C(=O)NC4CCN(CCOCCOCCNc5cccc6c5C(=O)N(C5CCC(=O)NC5=O)C6=O)CC4)cc3OC3CC3)ncc21. The third-order valence-electron chi connectivity index (χ3n) is 13.4. The molecule has 69 heavy (non-hydrogen) atoms. The van der Waals surface area contributed by atoms with Crippen molar-refractivity contribution >= 4 is 64.3 Å². The summed E-state index contributed by atoms with van der Waals surface area (Å²) in [5.41, 5.74) is 0.944. The molecule has 0 radical (unpaired) electrons. The number of halogens is 3. The smallest absolute Gasteiger partial charge is 0.342 e. The lowest BCUT2D eigenvalue weighted by molar-refractivity contribution is -0.140. The molecule has 0 spiro atoms. The summed E-state index contributed by atoms with van der Waals surface area (Å²) in [6, 6.07) is 5.91. The van der Waals surface area contributed by atoms with Crippen molar-refractivity contribution in [2.45, 2.75) is 94.4 Å². The Morgan fingerprint density at radius 3 is 2.41 bits per heavy atom. The van der Waals surface area contributed by atoms with Gasteiger partial charge < -0.3 is 44.9 Å². The average Bonchev–Trinajstić information content (AvgIpc) is 3.92. The maximum absolute atomic E-state index is 15.8. The number of rotatable bonds is 18. The number of benzene rings is 2. The highest BCUT2D eigenvalue weighted by atomic mass is 19.3.